The van der Waals surface area contributed by atoms with Gasteiger partial charge in [-0.3, -0.25) is 14.7 Å². The predicted molar refractivity (Wildman–Crippen MR) is 131 cm³/mol. The minimum Gasteiger partial charge on any atom is -0.459 e. The molecule has 0 spiro atoms. The first-order chi connectivity index (χ1) is 14.3. The summed E-state index contributed by atoms with van der Waals surface area (Å²) in [6.45, 7) is 5.91. The summed E-state index contributed by atoms with van der Waals surface area (Å²) in [5.41, 5.74) is 1.23. The number of carbonyl (C=O) groups excluding carboxylic acids is 1. The number of nitrogens with zero attached hydrogens (tertiary/aromatic N) is 3. The fraction of sp³-hybridized carbons (Fsp3) is 0.364. The van der Waals surface area contributed by atoms with Gasteiger partial charge in [0.2, 0.25) is 0 Å². The van der Waals surface area contributed by atoms with Crippen molar-refractivity contribution in [2.75, 3.05) is 52.9 Å². The highest BCUT2D eigenvalue weighted by atomic mass is 127. The monoisotopic (exact) mass is 523 g/mol. The molecule has 1 aliphatic heterocycles. The van der Waals surface area contributed by atoms with E-state index < -0.39 is 0 Å². The highest BCUT2D eigenvalue weighted by molar-refractivity contribution is 14.0. The van der Waals surface area contributed by atoms with Gasteiger partial charge < -0.3 is 20.0 Å². The molecule has 0 saturated carbocycles. The second-order valence-corrected chi connectivity index (χ2v) is 6.81. The molecule has 2 N–H and O–H groups in total. The van der Waals surface area contributed by atoms with Crippen molar-refractivity contribution >= 4 is 41.9 Å². The first-order valence-corrected chi connectivity index (χ1v) is 9.97. The number of halogens is 1. The van der Waals surface area contributed by atoms with Crippen LogP contribution in [0.4, 0.5) is 0 Å². The normalized spacial score (nSPS) is 15.1. The van der Waals surface area contributed by atoms with E-state index in [1.807, 2.05) is 6.07 Å². The van der Waals surface area contributed by atoms with Crippen LogP contribution in [-0.4, -0.2) is 74.5 Å². The van der Waals surface area contributed by atoms with Crippen LogP contribution in [-0.2, 0) is 0 Å². The maximum absolute atomic E-state index is 11.9. The van der Waals surface area contributed by atoms with Crippen LogP contribution in [0.15, 0.2) is 64.2 Å². The number of furan rings is 1. The average molecular weight is 523 g/mol. The molecule has 2 heterocycles. The van der Waals surface area contributed by atoms with Crippen LogP contribution >= 0.6 is 24.0 Å². The maximum atomic E-state index is 11.9. The molecule has 162 valence electrons. The van der Waals surface area contributed by atoms with Crippen molar-refractivity contribution in [2.45, 2.75) is 0 Å². The lowest BCUT2D eigenvalue weighted by molar-refractivity contribution is 0.0926. The van der Waals surface area contributed by atoms with Gasteiger partial charge in [-0.2, -0.15) is 0 Å². The highest BCUT2D eigenvalue weighted by Crippen LogP contribution is 2.05. The van der Waals surface area contributed by atoms with Crippen molar-refractivity contribution in [1.29, 1.82) is 0 Å². The van der Waals surface area contributed by atoms with Crippen molar-refractivity contribution in [1.82, 2.24) is 20.4 Å². The molecule has 8 heteroatoms. The van der Waals surface area contributed by atoms with Gasteiger partial charge in [0.1, 0.15) is 0 Å². The summed E-state index contributed by atoms with van der Waals surface area (Å²) in [5, 5.41) is 6.14. The van der Waals surface area contributed by atoms with Gasteiger partial charge in [-0.15, -0.1) is 24.0 Å². The van der Waals surface area contributed by atoms with E-state index in [1.165, 1.54) is 11.8 Å². The Morgan fingerprint density at radius 1 is 1.07 bits per heavy atom. The lowest BCUT2D eigenvalue weighted by Crippen LogP contribution is -2.53. The molecule has 0 radical (unpaired) electrons. The van der Waals surface area contributed by atoms with Gasteiger partial charge in [-0.25, -0.2) is 0 Å². The second kappa shape index (κ2) is 13.1. The van der Waals surface area contributed by atoms with Gasteiger partial charge in [0, 0.05) is 52.9 Å². The van der Waals surface area contributed by atoms with E-state index in [1.54, 1.807) is 19.2 Å². The van der Waals surface area contributed by atoms with Crippen molar-refractivity contribution in [2.24, 2.45) is 4.99 Å². The van der Waals surface area contributed by atoms with E-state index in [-0.39, 0.29) is 29.9 Å². The summed E-state index contributed by atoms with van der Waals surface area (Å²) < 4.78 is 5.08. The quantitative estimate of drug-likeness (QED) is 0.253. The number of amides is 1. The molecule has 1 fully saturated rings. The number of aliphatic imine (C=N–C) groups is 1. The van der Waals surface area contributed by atoms with Crippen molar-refractivity contribution in [3.8, 4) is 0 Å². The molecule has 1 aromatic heterocycles. The minimum atomic E-state index is -0.205. The Morgan fingerprint density at radius 3 is 2.47 bits per heavy atom. The molecule has 0 bridgehead atoms. The van der Waals surface area contributed by atoms with Crippen LogP contribution in [0.2, 0.25) is 0 Å². The third-order valence-electron chi connectivity index (χ3n) is 4.80. The lowest BCUT2D eigenvalue weighted by Gasteiger charge is -2.36. The van der Waals surface area contributed by atoms with Crippen molar-refractivity contribution < 1.29 is 9.21 Å². The summed E-state index contributed by atoms with van der Waals surface area (Å²) in [7, 11) is 1.79. The van der Waals surface area contributed by atoms with E-state index in [2.05, 4.69) is 61.8 Å². The summed E-state index contributed by atoms with van der Waals surface area (Å²) in [6.07, 6.45) is 5.88. The molecule has 1 saturated heterocycles. The van der Waals surface area contributed by atoms with Crippen LogP contribution in [0.5, 0.6) is 0 Å². The van der Waals surface area contributed by atoms with Crippen molar-refractivity contribution in [3.05, 3.63) is 66.1 Å². The number of nitrogens with one attached hydrogen (secondary N) is 2. The topological polar surface area (TPSA) is 73.1 Å². The number of hydrogen-bond acceptors (Lipinski definition) is 4. The zero-order valence-electron chi connectivity index (χ0n) is 17.3. The summed E-state index contributed by atoms with van der Waals surface area (Å²) in [5.74, 6) is 0.993. The molecule has 0 unspecified atom stereocenters. The number of guanidine groups is 1. The molecule has 3 rings (SSSR count). The van der Waals surface area contributed by atoms with Crippen LogP contribution in [0, 0.1) is 0 Å². The van der Waals surface area contributed by atoms with Gasteiger partial charge in [0.25, 0.3) is 5.91 Å². The molecule has 2 aromatic rings. The Kier molecular flexibility index (Phi) is 10.4. The molecule has 7 nitrogen and oxygen atoms in total. The van der Waals surface area contributed by atoms with E-state index in [0.717, 1.165) is 38.7 Å². The van der Waals surface area contributed by atoms with Gasteiger partial charge in [0.05, 0.1) is 6.26 Å². The fourth-order valence-electron chi connectivity index (χ4n) is 3.22. The number of rotatable bonds is 7. The average Bonchev–Trinajstić information content (AvgIpc) is 3.30. The Balaban J connectivity index is 0.00000320. The Bertz CT molecular complexity index is 800. The zero-order chi connectivity index (χ0) is 20.3. The maximum Gasteiger partial charge on any atom is 0.287 e. The molecule has 0 atom stereocenters. The predicted octanol–water partition coefficient (Wildman–Crippen LogP) is 2.53. The molecule has 1 amide bonds. The zero-order valence-corrected chi connectivity index (χ0v) is 19.6. The first-order valence-electron chi connectivity index (χ1n) is 9.97. The molecule has 30 heavy (non-hydrogen) atoms. The second-order valence-electron chi connectivity index (χ2n) is 6.81. The van der Waals surface area contributed by atoms with E-state index in [0.29, 0.717) is 18.8 Å². The number of hydrogen-bond donors (Lipinski definition) is 2. The number of carbonyl (C=O) groups is 1. The fourth-order valence-corrected chi connectivity index (χ4v) is 3.22. The Morgan fingerprint density at radius 2 is 1.80 bits per heavy atom. The summed E-state index contributed by atoms with van der Waals surface area (Å²) in [4.78, 5) is 20.9. The van der Waals surface area contributed by atoms with E-state index in [4.69, 9.17) is 4.42 Å². The Labute approximate surface area is 195 Å². The van der Waals surface area contributed by atoms with Crippen LogP contribution < -0.4 is 10.6 Å². The van der Waals surface area contributed by atoms with Gasteiger partial charge >= 0.3 is 0 Å². The number of benzene rings is 1. The molecule has 1 aromatic carbocycles. The van der Waals surface area contributed by atoms with Gasteiger partial charge in [-0.05, 0) is 17.7 Å². The Hall–Kier alpha value is -2.33. The van der Waals surface area contributed by atoms with Crippen LogP contribution in [0.1, 0.15) is 16.1 Å². The highest BCUT2D eigenvalue weighted by Gasteiger charge is 2.18. The van der Waals surface area contributed by atoms with E-state index in [9.17, 15) is 4.79 Å². The first kappa shape index (κ1) is 23.9. The van der Waals surface area contributed by atoms with Gasteiger partial charge in [-0.1, -0.05) is 42.5 Å². The van der Waals surface area contributed by atoms with Crippen LogP contribution in [0.25, 0.3) is 6.08 Å². The SMILES string of the molecule is CN=C(NCCNC(=O)c1ccco1)N1CCN(CC=Cc2ccccc2)CC1.I. The number of piperazine rings is 1. The molecular weight excluding hydrogens is 493 g/mol. The van der Waals surface area contributed by atoms with Crippen molar-refractivity contribution in [3.63, 3.8) is 0 Å². The van der Waals surface area contributed by atoms with Crippen LogP contribution in [0.3, 0.4) is 0 Å². The summed E-state index contributed by atoms with van der Waals surface area (Å²) >= 11 is 0. The largest absolute Gasteiger partial charge is 0.459 e. The van der Waals surface area contributed by atoms with Gasteiger partial charge in [0.15, 0.2) is 11.7 Å². The summed E-state index contributed by atoms with van der Waals surface area (Å²) in [6, 6.07) is 13.7. The minimum absolute atomic E-state index is 0. The lowest BCUT2D eigenvalue weighted by atomic mass is 10.2. The third kappa shape index (κ3) is 7.49. The third-order valence-corrected chi connectivity index (χ3v) is 4.80. The van der Waals surface area contributed by atoms with E-state index >= 15 is 0 Å². The molecule has 0 aliphatic carbocycles. The smallest absolute Gasteiger partial charge is 0.287 e. The standard InChI is InChI=1S/C22H29N5O2.HI/c1-23-22(25-12-11-24-21(28)20-10-6-18-29-20)27-16-14-26(15-17-27)13-5-9-19-7-3-2-4-8-19;/h2-10,18H,11-17H2,1H3,(H,23,25)(H,24,28);1H. The molecular formula is C22H30IN5O2. The molecule has 1 aliphatic rings.